The summed E-state index contributed by atoms with van der Waals surface area (Å²) in [7, 11) is 0. The molecule has 4 N–H and O–H groups in total. The Labute approximate surface area is 282 Å². The van der Waals surface area contributed by atoms with Crippen molar-refractivity contribution in [2.75, 3.05) is 30.0 Å². The van der Waals surface area contributed by atoms with Crippen LogP contribution in [-0.4, -0.2) is 77.0 Å². The summed E-state index contributed by atoms with van der Waals surface area (Å²) < 4.78 is 13.0. The average molecular weight is 663 g/mol. The Bertz CT molecular complexity index is 1920. The number of aliphatic hydroxyl groups is 3. The molecule has 13 nitrogen and oxygen atoms in total. The van der Waals surface area contributed by atoms with Crippen molar-refractivity contribution < 1.29 is 24.6 Å². The van der Waals surface area contributed by atoms with Crippen LogP contribution in [0.2, 0.25) is 0 Å². The highest BCUT2D eigenvalue weighted by molar-refractivity contribution is 5.84. The molecule has 1 aliphatic rings. The monoisotopic (exact) mass is 662 g/mol. The predicted octanol–water partition coefficient (Wildman–Crippen LogP) is 4.01. The second-order valence-corrected chi connectivity index (χ2v) is 11.9. The second kappa shape index (κ2) is 14.5. The van der Waals surface area contributed by atoms with E-state index in [-0.39, 0.29) is 24.4 Å². The lowest BCUT2D eigenvalue weighted by Crippen LogP contribution is -2.30. The molecule has 0 aliphatic carbocycles. The lowest BCUT2D eigenvalue weighted by Gasteiger charge is -2.23. The van der Waals surface area contributed by atoms with Crippen molar-refractivity contribution in [2.45, 2.75) is 50.2 Å². The number of ether oxygens (including phenoxy) is 1. The van der Waals surface area contributed by atoms with Gasteiger partial charge >= 0.3 is 0 Å². The number of benzene rings is 3. The number of anilines is 2. The van der Waals surface area contributed by atoms with Crippen LogP contribution in [0.3, 0.4) is 0 Å². The molecule has 0 radical (unpaired) electrons. The maximum Gasteiger partial charge on any atom is 0.231 e. The van der Waals surface area contributed by atoms with E-state index in [1.807, 2.05) is 73.7 Å². The van der Waals surface area contributed by atoms with Gasteiger partial charge in [-0.25, -0.2) is 4.98 Å². The molecule has 0 unspecified atom stereocenters. The van der Waals surface area contributed by atoms with Gasteiger partial charge in [0, 0.05) is 25.4 Å². The minimum atomic E-state index is -1.35. The SMILES string of the molecule is CCc1nc([C@H]2O[C@@H](n3cnc4c(NCC(c5ccccc5)c5ccccc5)nc(N(CO)CCc5ccccc5)nc43)[C@H](O)[C@@H]2O)no1. The molecule has 3 aromatic carbocycles. The third-order valence-electron chi connectivity index (χ3n) is 8.81. The fraction of sp³-hybridized carbons (Fsp3) is 0.306. The number of rotatable bonds is 13. The Hall–Kier alpha value is -5.21. The van der Waals surface area contributed by atoms with Crippen LogP contribution in [0.1, 0.15) is 53.6 Å². The number of hydrogen-bond donors (Lipinski definition) is 4. The van der Waals surface area contributed by atoms with Crippen LogP contribution in [0.5, 0.6) is 0 Å². The molecular formula is C36H38N8O5. The van der Waals surface area contributed by atoms with E-state index in [9.17, 15) is 15.3 Å². The first-order valence-corrected chi connectivity index (χ1v) is 16.4. The minimum absolute atomic E-state index is 0.0103. The van der Waals surface area contributed by atoms with Gasteiger partial charge in [-0.2, -0.15) is 15.0 Å². The summed E-state index contributed by atoms with van der Waals surface area (Å²) in [5, 5.41) is 40.2. The van der Waals surface area contributed by atoms with Crippen LogP contribution in [0.4, 0.5) is 11.8 Å². The van der Waals surface area contributed by atoms with Gasteiger partial charge in [-0.3, -0.25) is 4.57 Å². The first-order chi connectivity index (χ1) is 24.0. The Morgan fingerprint density at radius 3 is 2.18 bits per heavy atom. The zero-order valence-corrected chi connectivity index (χ0v) is 26.9. The highest BCUT2D eigenvalue weighted by Gasteiger charge is 2.47. The molecule has 1 aliphatic heterocycles. The summed E-state index contributed by atoms with van der Waals surface area (Å²) in [5.74, 6) is 1.25. The molecule has 0 saturated carbocycles. The van der Waals surface area contributed by atoms with Crippen molar-refractivity contribution in [3.05, 3.63) is 126 Å². The molecule has 13 heteroatoms. The fourth-order valence-corrected chi connectivity index (χ4v) is 6.13. The number of nitrogens with zero attached hydrogens (tertiary/aromatic N) is 7. The van der Waals surface area contributed by atoms with Crippen LogP contribution < -0.4 is 10.2 Å². The molecule has 4 heterocycles. The molecule has 0 amide bonds. The van der Waals surface area contributed by atoms with E-state index in [0.29, 0.717) is 48.8 Å². The Kier molecular flexibility index (Phi) is 9.57. The molecular weight excluding hydrogens is 624 g/mol. The van der Waals surface area contributed by atoms with Crippen LogP contribution >= 0.6 is 0 Å². The standard InChI is InChI=1S/C36H38N8O5/c1-2-27-39-33(42-49-27)31-29(46)30(47)35(48-31)44-21-38-28-32(37-20-26(24-14-8-4-9-15-24)25-16-10-5-11-17-25)40-36(41-34(28)44)43(22-45)19-18-23-12-6-3-7-13-23/h3-17,21,26,29-31,35,45-47H,2,18-20,22H2,1H3,(H,37,40,41)/t29-,30+,31-,35+/m0/s1. The van der Waals surface area contributed by atoms with Gasteiger partial charge < -0.3 is 34.8 Å². The van der Waals surface area contributed by atoms with Gasteiger partial charge in [0.2, 0.25) is 17.7 Å². The normalized spacial score (nSPS) is 19.1. The number of aromatic nitrogens is 6. The molecule has 3 aromatic heterocycles. The average Bonchev–Trinajstić information content (AvgIpc) is 3.88. The van der Waals surface area contributed by atoms with E-state index in [2.05, 4.69) is 44.7 Å². The number of nitrogens with one attached hydrogen (secondary N) is 1. The van der Waals surface area contributed by atoms with E-state index < -0.39 is 24.5 Å². The van der Waals surface area contributed by atoms with Crippen LogP contribution in [0, 0.1) is 0 Å². The van der Waals surface area contributed by atoms with Crippen LogP contribution in [0.15, 0.2) is 102 Å². The molecule has 0 bridgehead atoms. The topological polar surface area (TPSA) is 168 Å². The summed E-state index contributed by atoms with van der Waals surface area (Å²) in [6.07, 6.45) is -2.11. The van der Waals surface area contributed by atoms with Gasteiger partial charge in [0.05, 0.1) is 6.33 Å². The van der Waals surface area contributed by atoms with E-state index >= 15 is 0 Å². The maximum atomic E-state index is 11.2. The number of fused-ring (bicyclic) bond motifs is 1. The largest absolute Gasteiger partial charge is 0.387 e. The lowest BCUT2D eigenvalue weighted by atomic mass is 9.91. The second-order valence-electron chi connectivity index (χ2n) is 11.9. The van der Waals surface area contributed by atoms with E-state index in [0.717, 1.165) is 16.7 Å². The van der Waals surface area contributed by atoms with Crippen molar-refractivity contribution >= 4 is 22.9 Å². The van der Waals surface area contributed by atoms with E-state index in [4.69, 9.17) is 19.2 Å². The Morgan fingerprint density at radius 1 is 0.878 bits per heavy atom. The van der Waals surface area contributed by atoms with Gasteiger partial charge in [0.1, 0.15) is 18.9 Å². The maximum absolute atomic E-state index is 11.2. The third-order valence-corrected chi connectivity index (χ3v) is 8.81. The Morgan fingerprint density at radius 2 is 1.55 bits per heavy atom. The molecule has 4 atom stereocenters. The molecule has 1 fully saturated rings. The first-order valence-electron chi connectivity index (χ1n) is 16.4. The molecule has 1 saturated heterocycles. The molecule has 0 spiro atoms. The van der Waals surface area contributed by atoms with Gasteiger partial charge in [-0.1, -0.05) is 103 Å². The van der Waals surface area contributed by atoms with Crippen LogP contribution in [0.25, 0.3) is 11.2 Å². The lowest BCUT2D eigenvalue weighted by molar-refractivity contribution is -0.0388. The summed E-state index contributed by atoms with van der Waals surface area (Å²) >= 11 is 0. The first kappa shape index (κ1) is 32.3. The van der Waals surface area contributed by atoms with Gasteiger partial charge in [-0.05, 0) is 23.1 Å². The highest BCUT2D eigenvalue weighted by Crippen LogP contribution is 2.39. The molecule has 49 heavy (non-hydrogen) atoms. The summed E-state index contributed by atoms with van der Waals surface area (Å²) in [5.41, 5.74) is 4.15. The highest BCUT2D eigenvalue weighted by atomic mass is 16.6. The van der Waals surface area contributed by atoms with Gasteiger partial charge in [0.25, 0.3) is 0 Å². The van der Waals surface area contributed by atoms with Crippen molar-refractivity contribution in [3.8, 4) is 0 Å². The molecule has 7 rings (SSSR count). The fourth-order valence-electron chi connectivity index (χ4n) is 6.13. The van der Waals surface area contributed by atoms with Crippen molar-refractivity contribution in [2.24, 2.45) is 0 Å². The van der Waals surface area contributed by atoms with Gasteiger partial charge in [0.15, 0.2) is 29.3 Å². The molecule has 252 valence electrons. The van der Waals surface area contributed by atoms with Gasteiger partial charge in [-0.15, -0.1) is 0 Å². The number of imidazole rings is 1. The molecule has 6 aromatic rings. The number of hydrogen-bond acceptors (Lipinski definition) is 12. The quantitative estimate of drug-likeness (QED) is 0.131. The summed E-state index contributed by atoms with van der Waals surface area (Å²) in [6.45, 7) is 2.47. The smallest absolute Gasteiger partial charge is 0.231 e. The number of aryl methyl sites for hydroxylation is 1. The predicted molar refractivity (Wildman–Crippen MR) is 182 cm³/mol. The van der Waals surface area contributed by atoms with Crippen molar-refractivity contribution in [1.29, 1.82) is 0 Å². The van der Waals surface area contributed by atoms with Crippen molar-refractivity contribution in [1.82, 2.24) is 29.7 Å². The Balaban J connectivity index is 1.25. The summed E-state index contributed by atoms with van der Waals surface area (Å²) in [6, 6.07) is 30.4. The third kappa shape index (κ3) is 6.74. The summed E-state index contributed by atoms with van der Waals surface area (Å²) in [4.78, 5) is 20.3. The van der Waals surface area contributed by atoms with E-state index in [1.165, 1.54) is 6.33 Å². The van der Waals surface area contributed by atoms with E-state index in [1.54, 1.807) is 9.47 Å². The van der Waals surface area contributed by atoms with Crippen molar-refractivity contribution in [3.63, 3.8) is 0 Å². The zero-order valence-electron chi connectivity index (χ0n) is 26.9. The minimum Gasteiger partial charge on any atom is -0.387 e. The zero-order chi connectivity index (χ0) is 33.7. The number of aliphatic hydroxyl groups excluding tert-OH is 3. The van der Waals surface area contributed by atoms with Crippen LogP contribution in [-0.2, 0) is 17.6 Å².